The van der Waals surface area contributed by atoms with E-state index in [2.05, 4.69) is 10.5 Å². The SMILES string of the molecule is CC/C(=N/Nc1c(Cl)cc(Cl)cc1Cl)c1ccccc1. The number of hydrogen-bond acceptors (Lipinski definition) is 2. The Labute approximate surface area is 133 Å². The molecule has 0 bridgehead atoms. The molecule has 2 aromatic rings. The molecule has 0 radical (unpaired) electrons. The Morgan fingerprint density at radius 1 is 1.05 bits per heavy atom. The number of hydrazone groups is 1. The van der Waals surface area contributed by atoms with Crippen molar-refractivity contribution in [2.45, 2.75) is 13.3 Å². The Balaban J connectivity index is 2.28. The van der Waals surface area contributed by atoms with Gasteiger partial charge in [0, 0.05) is 5.02 Å². The summed E-state index contributed by atoms with van der Waals surface area (Å²) in [4.78, 5) is 0. The molecule has 0 aromatic heterocycles. The Morgan fingerprint density at radius 3 is 2.20 bits per heavy atom. The fourth-order valence-electron chi connectivity index (χ4n) is 1.75. The summed E-state index contributed by atoms with van der Waals surface area (Å²) in [5.41, 5.74) is 5.46. The largest absolute Gasteiger partial charge is 0.275 e. The van der Waals surface area contributed by atoms with Gasteiger partial charge in [-0.15, -0.1) is 0 Å². The molecule has 2 rings (SSSR count). The molecule has 0 atom stereocenters. The van der Waals surface area contributed by atoms with Gasteiger partial charge in [0.15, 0.2) is 0 Å². The van der Waals surface area contributed by atoms with E-state index in [9.17, 15) is 0 Å². The third-order valence-corrected chi connectivity index (χ3v) is 3.57. The van der Waals surface area contributed by atoms with Crippen LogP contribution in [0.5, 0.6) is 0 Å². The van der Waals surface area contributed by atoms with Gasteiger partial charge < -0.3 is 0 Å². The molecule has 0 spiro atoms. The van der Waals surface area contributed by atoms with Crippen LogP contribution in [0.1, 0.15) is 18.9 Å². The van der Waals surface area contributed by atoms with Gasteiger partial charge in [0.1, 0.15) is 0 Å². The first-order valence-electron chi connectivity index (χ1n) is 6.14. The van der Waals surface area contributed by atoms with E-state index in [4.69, 9.17) is 34.8 Å². The molecule has 0 aliphatic carbocycles. The number of halogens is 3. The Morgan fingerprint density at radius 2 is 1.65 bits per heavy atom. The molecule has 104 valence electrons. The predicted molar refractivity (Wildman–Crippen MR) is 88.4 cm³/mol. The summed E-state index contributed by atoms with van der Waals surface area (Å²) < 4.78 is 0. The molecular weight excluding hydrogens is 315 g/mol. The number of benzene rings is 2. The minimum atomic E-state index is 0.440. The minimum Gasteiger partial charge on any atom is -0.275 e. The molecule has 1 N–H and O–H groups in total. The van der Waals surface area contributed by atoms with Crippen molar-refractivity contribution in [3.8, 4) is 0 Å². The fourth-order valence-corrected chi connectivity index (χ4v) is 2.65. The lowest BCUT2D eigenvalue weighted by Gasteiger charge is -2.09. The van der Waals surface area contributed by atoms with E-state index in [-0.39, 0.29) is 0 Å². The number of rotatable bonds is 4. The van der Waals surface area contributed by atoms with E-state index in [1.54, 1.807) is 12.1 Å². The molecule has 2 aromatic carbocycles. The van der Waals surface area contributed by atoms with Crippen LogP contribution in [-0.2, 0) is 0 Å². The zero-order valence-corrected chi connectivity index (χ0v) is 13.1. The van der Waals surface area contributed by atoms with Crippen LogP contribution in [0.25, 0.3) is 0 Å². The van der Waals surface area contributed by atoms with Crippen molar-refractivity contribution in [3.05, 3.63) is 63.1 Å². The third kappa shape index (κ3) is 3.66. The first kappa shape index (κ1) is 15.2. The molecular formula is C15H13Cl3N2. The minimum absolute atomic E-state index is 0.440. The summed E-state index contributed by atoms with van der Waals surface area (Å²) in [6, 6.07) is 13.2. The molecule has 0 fully saturated rings. The summed E-state index contributed by atoms with van der Waals surface area (Å²) in [5.74, 6) is 0. The van der Waals surface area contributed by atoms with Gasteiger partial charge in [-0.25, -0.2) is 0 Å². The number of hydrogen-bond donors (Lipinski definition) is 1. The molecule has 2 nitrogen and oxygen atoms in total. The van der Waals surface area contributed by atoms with Gasteiger partial charge in [0.05, 0.1) is 21.4 Å². The van der Waals surface area contributed by atoms with Gasteiger partial charge in [0.2, 0.25) is 0 Å². The Hall–Kier alpha value is -1.22. The second-order valence-corrected chi connectivity index (χ2v) is 5.39. The zero-order valence-electron chi connectivity index (χ0n) is 10.8. The average Bonchev–Trinajstić information content (AvgIpc) is 2.43. The van der Waals surface area contributed by atoms with Crippen LogP contribution in [-0.4, -0.2) is 5.71 Å². The number of anilines is 1. The van der Waals surface area contributed by atoms with Crippen LogP contribution in [0.3, 0.4) is 0 Å². The fraction of sp³-hybridized carbons (Fsp3) is 0.133. The lowest BCUT2D eigenvalue weighted by Crippen LogP contribution is -2.03. The molecule has 0 amide bonds. The Bertz CT molecular complexity index is 601. The maximum Gasteiger partial charge on any atom is 0.0935 e. The molecule has 20 heavy (non-hydrogen) atoms. The van der Waals surface area contributed by atoms with Gasteiger partial charge in [0.25, 0.3) is 0 Å². The predicted octanol–water partition coefficient (Wildman–Crippen LogP) is 5.87. The van der Waals surface area contributed by atoms with Crippen LogP contribution >= 0.6 is 34.8 Å². The average molecular weight is 328 g/mol. The summed E-state index contributed by atoms with van der Waals surface area (Å²) >= 11 is 18.1. The van der Waals surface area contributed by atoms with Crippen LogP contribution in [0.4, 0.5) is 5.69 Å². The number of nitrogens with one attached hydrogen (secondary N) is 1. The van der Waals surface area contributed by atoms with E-state index in [1.807, 2.05) is 37.3 Å². The van der Waals surface area contributed by atoms with E-state index >= 15 is 0 Å². The lowest BCUT2D eigenvalue weighted by atomic mass is 10.1. The van der Waals surface area contributed by atoms with Crippen molar-refractivity contribution in [1.29, 1.82) is 0 Å². The van der Waals surface area contributed by atoms with E-state index in [1.165, 1.54) is 0 Å². The van der Waals surface area contributed by atoms with Crippen molar-refractivity contribution in [1.82, 2.24) is 0 Å². The van der Waals surface area contributed by atoms with E-state index < -0.39 is 0 Å². The zero-order chi connectivity index (χ0) is 14.5. The highest BCUT2D eigenvalue weighted by atomic mass is 35.5. The highest BCUT2D eigenvalue weighted by Crippen LogP contribution is 2.33. The summed E-state index contributed by atoms with van der Waals surface area (Å²) in [6.07, 6.45) is 0.792. The maximum atomic E-state index is 6.11. The first-order chi connectivity index (χ1) is 9.61. The first-order valence-corrected chi connectivity index (χ1v) is 7.27. The van der Waals surface area contributed by atoms with Gasteiger partial charge >= 0.3 is 0 Å². The second-order valence-electron chi connectivity index (χ2n) is 4.13. The highest BCUT2D eigenvalue weighted by Gasteiger charge is 2.08. The normalized spacial score (nSPS) is 11.5. The molecule has 0 saturated heterocycles. The van der Waals surface area contributed by atoms with Crippen LogP contribution in [0, 0.1) is 0 Å². The number of nitrogens with zero attached hydrogens (tertiary/aromatic N) is 1. The summed E-state index contributed by atoms with van der Waals surface area (Å²) in [5, 5.41) is 5.76. The monoisotopic (exact) mass is 326 g/mol. The Kier molecular flexibility index (Phi) is 5.30. The van der Waals surface area contributed by atoms with Gasteiger partial charge in [-0.1, -0.05) is 72.1 Å². The molecule has 0 unspecified atom stereocenters. The molecule has 0 heterocycles. The van der Waals surface area contributed by atoms with Crippen molar-refractivity contribution >= 4 is 46.2 Å². The quantitative estimate of drug-likeness (QED) is 0.551. The standard InChI is InChI=1S/C15H13Cl3N2/c1-2-14(10-6-4-3-5-7-10)19-20-15-12(17)8-11(16)9-13(15)18/h3-9,20H,2H2,1H3/b19-14-. The van der Waals surface area contributed by atoms with E-state index in [0.717, 1.165) is 17.7 Å². The topological polar surface area (TPSA) is 24.4 Å². The maximum absolute atomic E-state index is 6.11. The van der Waals surface area contributed by atoms with Crippen molar-refractivity contribution in [3.63, 3.8) is 0 Å². The van der Waals surface area contributed by atoms with Crippen LogP contribution < -0.4 is 5.43 Å². The lowest BCUT2D eigenvalue weighted by molar-refractivity contribution is 1.22. The highest BCUT2D eigenvalue weighted by molar-refractivity contribution is 6.41. The smallest absolute Gasteiger partial charge is 0.0935 e. The van der Waals surface area contributed by atoms with Crippen molar-refractivity contribution < 1.29 is 0 Å². The van der Waals surface area contributed by atoms with Crippen LogP contribution in [0.2, 0.25) is 15.1 Å². The molecule has 0 aliphatic rings. The van der Waals surface area contributed by atoms with Crippen LogP contribution in [0.15, 0.2) is 47.6 Å². The second kappa shape index (κ2) is 6.98. The molecule has 0 aliphatic heterocycles. The van der Waals surface area contributed by atoms with E-state index in [0.29, 0.717) is 20.8 Å². The molecule has 5 heteroatoms. The van der Waals surface area contributed by atoms with Crippen molar-refractivity contribution in [2.75, 3.05) is 5.43 Å². The summed E-state index contributed by atoms with van der Waals surface area (Å²) in [6.45, 7) is 2.04. The van der Waals surface area contributed by atoms with Gasteiger partial charge in [-0.2, -0.15) is 5.10 Å². The molecule has 0 saturated carbocycles. The van der Waals surface area contributed by atoms with Gasteiger partial charge in [-0.05, 0) is 24.1 Å². The third-order valence-electron chi connectivity index (χ3n) is 2.75. The van der Waals surface area contributed by atoms with Gasteiger partial charge in [-0.3, -0.25) is 5.43 Å². The summed E-state index contributed by atoms with van der Waals surface area (Å²) in [7, 11) is 0. The van der Waals surface area contributed by atoms with Crippen molar-refractivity contribution in [2.24, 2.45) is 5.10 Å².